The van der Waals surface area contributed by atoms with E-state index in [0.717, 1.165) is 5.56 Å². The summed E-state index contributed by atoms with van der Waals surface area (Å²) < 4.78 is 10.1. The molecule has 1 aliphatic rings. The van der Waals surface area contributed by atoms with Crippen LogP contribution in [0.3, 0.4) is 0 Å². The minimum absolute atomic E-state index is 0.0259. The average Bonchev–Trinajstić information content (AvgIpc) is 2.70. The highest BCUT2D eigenvalue weighted by molar-refractivity contribution is 5.77. The quantitative estimate of drug-likeness (QED) is 0.734. The second kappa shape index (κ2) is 11.1. The fourth-order valence-corrected chi connectivity index (χ4v) is 2.72. The highest BCUT2D eigenvalue weighted by atomic mass is 16.6. The summed E-state index contributed by atoms with van der Waals surface area (Å²) in [5, 5.41) is 2.65. The summed E-state index contributed by atoms with van der Waals surface area (Å²) in [6.45, 7) is 4.68. The van der Waals surface area contributed by atoms with Crippen molar-refractivity contribution in [3.63, 3.8) is 0 Å². The fraction of sp³-hybridized carbons (Fsp3) is 0.526. The molecule has 1 aromatic rings. The van der Waals surface area contributed by atoms with Crippen molar-refractivity contribution in [1.29, 1.82) is 0 Å². The molecule has 0 aromatic heterocycles. The lowest BCUT2D eigenvalue weighted by Gasteiger charge is -2.34. The number of ether oxygens (including phenoxy) is 2. The van der Waals surface area contributed by atoms with Crippen molar-refractivity contribution in [3.8, 4) is 0 Å². The number of benzene rings is 1. The van der Waals surface area contributed by atoms with Crippen molar-refractivity contribution in [2.75, 3.05) is 39.3 Å². The number of carbonyl (C=O) groups excluding carboxylic acids is 3. The van der Waals surface area contributed by atoms with Crippen LogP contribution in [-0.4, -0.2) is 67.2 Å². The second-order valence-corrected chi connectivity index (χ2v) is 6.16. The van der Waals surface area contributed by atoms with Gasteiger partial charge in [0.15, 0.2) is 0 Å². The molecule has 0 aliphatic carbocycles. The van der Waals surface area contributed by atoms with Crippen molar-refractivity contribution in [2.24, 2.45) is 0 Å². The highest BCUT2D eigenvalue weighted by Crippen LogP contribution is 2.07. The summed E-state index contributed by atoms with van der Waals surface area (Å²) in [5.41, 5.74) is 0.921. The first-order valence-electron chi connectivity index (χ1n) is 9.24. The van der Waals surface area contributed by atoms with Crippen LogP contribution < -0.4 is 5.32 Å². The maximum absolute atomic E-state index is 12.2. The summed E-state index contributed by atoms with van der Waals surface area (Å²) in [6, 6.07) is 9.43. The van der Waals surface area contributed by atoms with Crippen LogP contribution in [0.5, 0.6) is 0 Å². The Morgan fingerprint density at radius 2 is 1.67 bits per heavy atom. The Bertz CT molecular complexity index is 615. The largest absolute Gasteiger partial charge is 0.450 e. The summed E-state index contributed by atoms with van der Waals surface area (Å²) in [5.74, 6) is 0.0259. The average molecular weight is 377 g/mol. The predicted molar refractivity (Wildman–Crippen MR) is 99.0 cm³/mol. The van der Waals surface area contributed by atoms with E-state index in [4.69, 9.17) is 9.47 Å². The van der Waals surface area contributed by atoms with Crippen molar-refractivity contribution >= 4 is 18.1 Å². The van der Waals surface area contributed by atoms with E-state index >= 15 is 0 Å². The molecule has 8 nitrogen and oxygen atoms in total. The van der Waals surface area contributed by atoms with E-state index < -0.39 is 6.09 Å². The predicted octanol–water partition coefficient (Wildman–Crippen LogP) is 1.99. The van der Waals surface area contributed by atoms with Gasteiger partial charge in [0.05, 0.1) is 6.61 Å². The molecule has 0 unspecified atom stereocenters. The van der Waals surface area contributed by atoms with E-state index in [1.165, 1.54) is 0 Å². The number of nitrogens with one attached hydrogen (secondary N) is 1. The van der Waals surface area contributed by atoms with Gasteiger partial charge in [-0.05, 0) is 18.9 Å². The molecule has 3 amide bonds. The molecule has 27 heavy (non-hydrogen) atoms. The van der Waals surface area contributed by atoms with E-state index in [-0.39, 0.29) is 18.6 Å². The van der Waals surface area contributed by atoms with E-state index in [1.807, 2.05) is 30.3 Å². The SMILES string of the molecule is CCOC(=O)N1CCN(C(=O)CCCNC(=O)OCc2ccccc2)CC1. The van der Waals surface area contributed by atoms with E-state index in [1.54, 1.807) is 16.7 Å². The van der Waals surface area contributed by atoms with Crippen LogP contribution in [0, 0.1) is 0 Å². The smallest absolute Gasteiger partial charge is 0.409 e. The molecule has 1 fully saturated rings. The van der Waals surface area contributed by atoms with Gasteiger partial charge in [-0.1, -0.05) is 30.3 Å². The van der Waals surface area contributed by atoms with Crippen LogP contribution in [0.15, 0.2) is 30.3 Å². The zero-order valence-corrected chi connectivity index (χ0v) is 15.7. The first kappa shape index (κ1) is 20.5. The van der Waals surface area contributed by atoms with Crippen LogP contribution in [0.4, 0.5) is 9.59 Å². The lowest BCUT2D eigenvalue weighted by atomic mass is 10.2. The van der Waals surface area contributed by atoms with Gasteiger partial charge in [0, 0.05) is 39.1 Å². The van der Waals surface area contributed by atoms with Gasteiger partial charge in [-0.25, -0.2) is 9.59 Å². The van der Waals surface area contributed by atoms with Gasteiger partial charge in [-0.3, -0.25) is 4.79 Å². The fourth-order valence-electron chi connectivity index (χ4n) is 2.72. The summed E-state index contributed by atoms with van der Waals surface area (Å²) in [4.78, 5) is 38.8. The zero-order chi connectivity index (χ0) is 19.5. The molecule has 2 rings (SSSR count). The third-order valence-electron chi connectivity index (χ3n) is 4.21. The van der Waals surface area contributed by atoms with Gasteiger partial charge >= 0.3 is 12.2 Å². The Morgan fingerprint density at radius 1 is 1.00 bits per heavy atom. The molecule has 1 heterocycles. The lowest BCUT2D eigenvalue weighted by Crippen LogP contribution is -2.50. The summed E-state index contributed by atoms with van der Waals surface area (Å²) in [7, 11) is 0. The monoisotopic (exact) mass is 377 g/mol. The maximum Gasteiger partial charge on any atom is 0.409 e. The van der Waals surface area contributed by atoms with Crippen LogP contribution in [0.25, 0.3) is 0 Å². The lowest BCUT2D eigenvalue weighted by molar-refractivity contribution is -0.132. The third-order valence-corrected chi connectivity index (χ3v) is 4.21. The molecule has 0 radical (unpaired) electrons. The molecule has 8 heteroatoms. The normalized spacial score (nSPS) is 13.8. The molecular formula is C19H27N3O5. The molecule has 1 aliphatic heterocycles. The number of rotatable bonds is 7. The molecular weight excluding hydrogens is 350 g/mol. The highest BCUT2D eigenvalue weighted by Gasteiger charge is 2.24. The van der Waals surface area contributed by atoms with Crippen LogP contribution in [-0.2, 0) is 20.9 Å². The number of carbonyl (C=O) groups is 3. The minimum Gasteiger partial charge on any atom is -0.450 e. The molecule has 0 atom stereocenters. The van der Waals surface area contributed by atoms with Gasteiger partial charge in [-0.2, -0.15) is 0 Å². The number of nitrogens with zero attached hydrogens (tertiary/aromatic N) is 2. The number of hydrogen-bond donors (Lipinski definition) is 1. The van der Waals surface area contributed by atoms with Crippen molar-refractivity contribution in [1.82, 2.24) is 15.1 Å². The van der Waals surface area contributed by atoms with Crippen LogP contribution in [0.1, 0.15) is 25.3 Å². The molecule has 148 valence electrons. The number of piperazine rings is 1. The van der Waals surface area contributed by atoms with Crippen molar-refractivity contribution < 1.29 is 23.9 Å². The topological polar surface area (TPSA) is 88.2 Å². The van der Waals surface area contributed by atoms with Gasteiger partial charge in [-0.15, -0.1) is 0 Å². The van der Waals surface area contributed by atoms with E-state index in [0.29, 0.717) is 52.2 Å². The molecule has 0 bridgehead atoms. The van der Waals surface area contributed by atoms with E-state index in [9.17, 15) is 14.4 Å². The van der Waals surface area contributed by atoms with Crippen LogP contribution >= 0.6 is 0 Å². The Kier molecular flexibility index (Phi) is 8.41. The molecule has 0 saturated carbocycles. The number of hydrogen-bond acceptors (Lipinski definition) is 5. The first-order chi connectivity index (χ1) is 13.1. The minimum atomic E-state index is -0.491. The first-order valence-corrected chi connectivity index (χ1v) is 9.24. The van der Waals surface area contributed by atoms with Gasteiger partial charge < -0.3 is 24.6 Å². The third kappa shape index (κ3) is 7.16. The Labute approximate surface area is 159 Å². The standard InChI is InChI=1S/C19H27N3O5/c1-2-26-19(25)22-13-11-21(12-14-22)17(23)9-6-10-20-18(24)27-15-16-7-4-3-5-8-16/h3-5,7-8H,2,6,9-15H2,1H3,(H,20,24). The molecule has 1 N–H and O–H groups in total. The van der Waals surface area contributed by atoms with Gasteiger partial charge in [0.2, 0.25) is 5.91 Å². The van der Waals surface area contributed by atoms with Gasteiger partial charge in [0.1, 0.15) is 6.61 Å². The summed E-state index contributed by atoms with van der Waals surface area (Å²) >= 11 is 0. The number of alkyl carbamates (subject to hydrolysis) is 1. The van der Waals surface area contributed by atoms with Crippen molar-refractivity contribution in [3.05, 3.63) is 35.9 Å². The molecule has 1 saturated heterocycles. The van der Waals surface area contributed by atoms with Crippen molar-refractivity contribution in [2.45, 2.75) is 26.4 Å². The maximum atomic E-state index is 12.2. The number of amides is 3. The molecule has 1 aromatic carbocycles. The zero-order valence-electron chi connectivity index (χ0n) is 15.7. The van der Waals surface area contributed by atoms with Gasteiger partial charge in [0.25, 0.3) is 0 Å². The Morgan fingerprint density at radius 3 is 2.33 bits per heavy atom. The second-order valence-electron chi connectivity index (χ2n) is 6.16. The summed E-state index contributed by atoms with van der Waals surface area (Å²) in [6.07, 6.45) is 0.0626. The Balaban J connectivity index is 1.56. The Hall–Kier alpha value is -2.77. The van der Waals surface area contributed by atoms with Crippen LogP contribution in [0.2, 0.25) is 0 Å². The molecule has 0 spiro atoms. The van der Waals surface area contributed by atoms with E-state index in [2.05, 4.69) is 5.32 Å².